The van der Waals surface area contributed by atoms with Crippen molar-refractivity contribution in [2.75, 3.05) is 32.8 Å². The number of fused-ring (bicyclic) bond motifs is 2. The van der Waals surface area contributed by atoms with Crippen molar-refractivity contribution in [2.45, 2.75) is 62.7 Å². The van der Waals surface area contributed by atoms with Crippen molar-refractivity contribution in [3.05, 3.63) is 0 Å². The number of nitrogens with one attached hydrogen (secondary N) is 2. The first-order chi connectivity index (χ1) is 14.3. The maximum absolute atomic E-state index is 12.5. The van der Waals surface area contributed by atoms with Gasteiger partial charge in [0.05, 0.1) is 12.6 Å². The molecule has 0 saturated carbocycles. The number of carbonyl (C=O) groups is 2. The highest BCUT2D eigenvalue weighted by Gasteiger charge is 2.49. The van der Waals surface area contributed by atoms with Gasteiger partial charge in [0, 0.05) is 25.2 Å². The van der Waals surface area contributed by atoms with E-state index >= 15 is 0 Å². The van der Waals surface area contributed by atoms with Crippen LogP contribution < -0.4 is 10.8 Å². The minimum absolute atomic E-state index is 0.147. The van der Waals surface area contributed by atoms with Gasteiger partial charge in [0.2, 0.25) is 0 Å². The van der Waals surface area contributed by atoms with Gasteiger partial charge < -0.3 is 10.2 Å². The number of hydroxylamine groups is 3. The number of carbonyl (C=O) groups excluding carboxylic acids is 2. The van der Waals surface area contributed by atoms with E-state index in [1.165, 1.54) is 24.2 Å². The molecular formula is C17H29N5O7S. The lowest BCUT2D eigenvalue weighted by atomic mass is 10.0. The van der Waals surface area contributed by atoms with E-state index in [0.29, 0.717) is 30.6 Å². The van der Waals surface area contributed by atoms with Crippen LogP contribution in [0.1, 0.15) is 38.5 Å². The molecule has 4 heterocycles. The molecule has 0 aliphatic carbocycles. The lowest BCUT2D eigenvalue weighted by Gasteiger charge is -2.31. The smallest absolute Gasteiger partial charge is 0.310 e. The van der Waals surface area contributed by atoms with Crippen LogP contribution >= 0.6 is 0 Å². The topological polar surface area (TPSA) is 141 Å². The fraction of sp³-hybridized carbons (Fsp3) is 0.882. The van der Waals surface area contributed by atoms with Crippen LogP contribution in [-0.4, -0.2) is 96.7 Å². The van der Waals surface area contributed by atoms with Crippen LogP contribution in [0.2, 0.25) is 0 Å². The zero-order valence-electron chi connectivity index (χ0n) is 16.7. The standard InChI is InChI=1S/C17H29N5O7S/c23-16(15-5-4-13-10-21(15)17(24)22(13)29-30(25,26)27)19-28-11-12-8-14(9-18-12)20-6-2-1-3-7-20/h12-15,18H,1-11H2,(H,19,23)(H,25,26,27)/t12-,13-,14+,15+/m1/s1. The SMILES string of the molecule is O=C(NOC[C@H]1C[C@H](N2CCCCC2)CN1)[C@@H]1CC[C@@H]2CN1C(=O)N2OS(=O)(=O)O. The number of hydrogen-bond acceptors (Lipinski definition) is 8. The Labute approximate surface area is 175 Å². The van der Waals surface area contributed by atoms with Gasteiger partial charge in [-0.3, -0.25) is 19.1 Å². The maximum atomic E-state index is 12.5. The minimum atomic E-state index is -4.81. The van der Waals surface area contributed by atoms with Gasteiger partial charge in [-0.2, -0.15) is 13.5 Å². The van der Waals surface area contributed by atoms with Gasteiger partial charge in [0.25, 0.3) is 5.91 Å². The summed E-state index contributed by atoms with van der Waals surface area (Å²) < 4.78 is 35.1. The van der Waals surface area contributed by atoms with Crippen LogP contribution in [0.3, 0.4) is 0 Å². The van der Waals surface area contributed by atoms with Gasteiger partial charge in [-0.15, -0.1) is 4.28 Å². The number of piperidine rings is 2. The fourth-order valence-corrected chi connectivity index (χ4v) is 5.26. The molecule has 4 aliphatic rings. The zero-order chi connectivity index (χ0) is 21.3. The molecule has 2 bridgehead atoms. The van der Waals surface area contributed by atoms with Crippen LogP contribution in [0.15, 0.2) is 0 Å². The Morgan fingerprint density at radius 3 is 2.70 bits per heavy atom. The molecule has 4 aliphatic heterocycles. The highest BCUT2D eigenvalue weighted by atomic mass is 32.3. The molecule has 0 aromatic rings. The summed E-state index contributed by atoms with van der Waals surface area (Å²) >= 11 is 0. The highest BCUT2D eigenvalue weighted by Crippen LogP contribution is 2.30. The first kappa shape index (κ1) is 21.7. The molecule has 0 aromatic heterocycles. The molecule has 0 radical (unpaired) electrons. The summed E-state index contributed by atoms with van der Waals surface area (Å²) in [6.07, 6.45) is 5.48. The lowest BCUT2D eigenvalue weighted by molar-refractivity contribution is -0.139. The van der Waals surface area contributed by atoms with Crippen molar-refractivity contribution >= 4 is 22.3 Å². The molecule has 30 heavy (non-hydrogen) atoms. The Balaban J connectivity index is 1.22. The van der Waals surface area contributed by atoms with E-state index in [1.54, 1.807) is 0 Å². The van der Waals surface area contributed by atoms with Gasteiger partial charge in [0.15, 0.2) is 0 Å². The van der Waals surface area contributed by atoms with Crippen molar-refractivity contribution in [1.82, 2.24) is 25.7 Å². The normalized spacial score (nSPS) is 32.6. The number of nitrogens with zero attached hydrogens (tertiary/aromatic N) is 3. The molecule has 3 amide bonds. The summed E-state index contributed by atoms with van der Waals surface area (Å²) in [4.78, 5) is 34.1. The van der Waals surface area contributed by atoms with Gasteiger partial charge in [0.1, 0.15) is 6.04 Å². The van der Waals surface area contributed by atoms with E-state index in [0.717, 1.165) is 26.1 Å². The number of urea groups is 1. The Morgan fingerprint density at radius 1 is 1.20 bits per heavy atom. The average Bonchev–Trinajstić information content (AvgIpc) is 3.27. The second-order valence-corrected chi connectivity index (χ2v) is 9.38. The monoisotopic (exact) mass is 447 g/mol. The molecule has 3 N–H and O–H groups in total. The van der Waals surface area contributed by atoms with Crippen LogP contribution in [-0.2, 0) is 24.3 Å². The third-order valence-corrected chi connectivity index (χ3v) is 6.71. The second-order valence-electron chi connectivity index (χ2n) is 8.38. The average molecular weight is 448 g/mol. The predicted molar refractivity (Wildman–Crippen MR) is 103 cm³/mol. The number of hydrogen-bond donors (Lipinski definition) is 3. The molecule has 4 saturated heterocycles. The first-order valence-corrected chi connectivity index (χ1v) is 11.8. The van der Waals surface area contributed by atoms with E-state index < -0.39 is 34.4 Å². The van der Waals surface area contributed by atoms with Crippen LogP contribution in [0.25, 0.3) is 0 Å². The number of likely N-dealkylation sites (tertiary alicyclic amines) is 1. The van der Waals surface area contributed by atoms with Gasteiger partial charge in [-0.25, -0.2) is 10.3 Å². The summed E-state index contributed by atoms with van der Waals surface area (Å²) in [6, 6.07) is -1.42. The van der Waals surface area contributed by atoms with E-state index in [4.69, 9.17) is 9.39 Å². The maximum Gasteiger partial charge on any atom is 0.418 e. The summed E-state index contributed by atoms with van der Waals surface area (Å²) in [6.45, 7) is 3.67. The molecule has 4 rings (SSSR count). The fourth-order valence-electron chi connectivity index (χ4n) is 4.87. The van der Waals surface area contributed by atoms with Crippen LogP contribution in [0, 0.1) is 0 Å². The molecule has 0 aromatic carbocycles. The summed E-state index contributed by atoms with van der Waals surface area (Å²) in [7, 11) is -4.81. The van der Waals surface area contributed by atoms with Gasteiger partial charge in [-0.1, -0.05) is 6.42 Å². The van der Waals surface area contributed by atoms with E-state index in [1.807, 2.05) is 0 Å². The number of amides is 3. The van der Waals surface area contributed by atoms with Crippen molar-refractivity contribution in [1.29, 1.82) is 0 Å². The third kappa shape index (κ3) is 4.86. The van der Waals surface area contributed by atoms with Crippen molar-refractivity contribution < 1.29 is 31.7 Å². The lowest BCUT2D eigenvalue weighted by Crippen LogP contribution is -2.50. The van der Waals surface area contributed by atoms with Crippen molar-refractivity contribution in [3.8, 4) is 0 Å². The Morgan fingerprint density at radius 2 is 1.97 bits per heavy atom. The Kier molecular flexibility index (Phi) is 6.46. The predicted octanol–water partition coefficient (Wildman–Crippen LogP) is -0.746. The molecule has 170 valence electrons. The Bertz CT molecular complexity index is 760. The zero-order valence-corrected chi connectivity index (χ0v) is 17.6. The van der Waals surface area contributed by atoms with E-state index in [9.17, 15) is 18.0 Å². The van der Waals surface area contributed by atoms with Crippen molar-refractivity contribution in [3.63, 3.8) is 0 Å². The van der Waals surface area contributed by atoms with Gasteiger partial charge >= 0.3 is 16.4 Å². The largest absolute Gasteiger partial charge is 0.418 e. The number of rotatable bonds is 7. The summed E-state index contributed by atoms with van der Waals surface area (Å²) in [5, 5.41) is 4.05. The molecule has 0 unspecified atom stereocenters. The molecule has 13 heteroatoms. The molecule has 12 nitrogen and oxygen atoms in total. The highest BCUT2D eigenvalue weighted by molar-refractivity contribution is 7.80. The quantitative estimate of drug-likeness (QED) is 0.340. The second kappa shape index (κ2) is 8.93. The van der Waals surface area contributed by atoms with Crippen LogP contribution in [0.5, 0.6) is 0 Å². The summed E-state index contributed by atoms with van der Waals surface area (Å²) in [5.41, 5.74) is 2.43. The third-order valence-electron chi connectivity index (χ3n) is 6.36. The molecular weight excluding hydrogens is 418 g/mol. The first-order valence-electron chi connectivity index (χ1n) is 10.5. The molecule has 4 fully saturated rings. The van der Waals surface area contributed by atoms with Gasteiger partial charge in [-0.05, 0) is 45.2 Å². The molecule has 0 spiro atoms. The van der Waals surface area contributed by atoms with E-state index in [2.05, 4.69) is 20.0 Å². The van der Waals surface area contributed by atoms with Crippen molar-refractivity contribution in [2.24, 2.45) is 0 Å². The summed E-state index contributed by atoms with van der Waals surface area (Å²) in [5.74, 6) is -0.457. The van der Waals surface area contributed by atoms with Crippen LogP contribution in [0.4, 0.5) is 4.79 Å². The minimum Gasteiger partial charge on any atom is -0.310 e. The Hall–Kier alpha value is -1.51. The van der Waals surface area contributed by atoms with E-state index in [-0.39, 0.29) is 12.6 Å². The molecule has 4 atom stereocenters.